The van der Waals surface area contributed by atoms with Crippen molar-refractivity contribution in [2.45, 2.75) is 64.9 Å². The van der Waals surface area contributed by atoms with Crippen LogP contribution in [0.4, 0.5) is 0 Å². The molecule has 108 valence electrons. The Morgan fingerprint density at radius 1 is 1.32 bits per heavy atom. The highest BCUT2D eigenvalue weighted by Gasteiger charge is 2.48. The quantitative estimate of drug-likeness (QED) is 0.510. The summed E-state index contributed by atoms with van der Waals surface area (Å²) in [5.74, 6) is 1.38. The summed E-state index contributed by atoms with van der Waals surface area (Å²) in [7, 11) is 0. The molecule has 0 aromatic rings. The van der Waals surface area contributed by atoms with Gasteiger partial charge in [0.25, 0.3) is 0 Å². The fourth-order valence-electron chi connectivity index (χ4n) is 3.88. The first-order chi connectivity index (χ1) is 9.15. The normalized spacial score (nSPS) is 33.7. The van der Waals surface area contributed by atoms with Gasteiger partial charge in [0.1, 0.15) is 5.78 Å². The second-order valence-electron chi connectivity index (χ2n) is 6.34. The maximum absolute atomic E-state index is 11.7. The number of carbonyl (C=O) groups is 1. The Morgan fingerprint density at radius 3 is 2.74 bits per heavy atom. The fourth-order valence-corrected chi connectivity index (χ4v) is 3.88. The number of Topliss-reactive ketones (excluding diaryl/α,β-unsaturated/α-hetero) is 1. The molecule has 19 heavy (non-hydrogen) atoms. The van der Waals surface area contributed by atoms with Crippen LogP contribution in [0.5, 0.6) is 0 Å². The molecule has 2 fully saturated rings. The molecule has 0 N–H and O–H groups in total. The van der Waals surface area contributed by atoms with E-state index in [1.807, 2.05) is 0 Å². The van der Waals surface area contributed by atoms with Gasteiger partial charge in [-0.1, -0.05) is 51.2 Å². The molecule has 4 atom stereocenters. The van der Waals surface area contributed by atoms with Crippen LogP contribution >= 0.6 is 0 Å². The molecule has 1 saturated heterocycles. The second-order valence-corrected chi connectivity index (χ2v) is 6.34. The highest BCUT2D eigenvalue weighted by atomic mass is 16.5. The van der Waals surface area contributed by atoms with Gasteiger partial charge in [-0.2, -0.15) is 0 Å². The molecule has 0 unspecified atom stereocenters. The Kier molecular flexibility index (Phi) is 5.20. The van der Waals surface area contributed by atoms with Crippen molar-refractivity contribution in [3.8, 4) is 0 Å². The van der Waals surface area contributed by atoms with Gasteiger partial charge in [0, 0.05) is 17.8 Å². The minimum atomic E-state index is 0.183. The molecule has 2 rings (SSSR count). The maximum atomic E-state index is 11.7. The SMILES string of the molecule is C=C1C[C@@H](C(C)=O)[C@H]2CO[C@@H](CCCCCCC)[C@@H]12. The largest absolute Gasteiger partial charge is 0.377 e. The Bertz CT molecular complexity index is 334. The lowest BCUT2D eigenvalue weighted by molar-refractivity contribution is -0.121. The van der Waals surface area contributed by atoms with Crippen LogP contribution < -0.4 is 0 Å². The van der Waals surface area contributed by atoms with Crippen molar-refractivity contribution in [1.82, 2.24) is 0 Å². The minimum Gasteiger partial charge on any atom is -0.377 e. The van der Waals surface area contributed by atoms with Crippen molar-refractivity contribution in [1.29, 1.82) is 0 Å². The average Bonchev–Trinajstić information content (AvgIpc) is 2.91. The van der Waals surface area contributed by atoms with Gasteiger partial charge >= 0.3 is 0 Å². The second kappa shape index (κ2) is 6.69. The van der Waals surface area contributed by atoms with E-state index in [1.54, 1.807) is 6.92 Å². The summed E-state index contributed by atoms with van der Waals surface area (Å²) in [6.45, 7) is 8.94. The van der Waals surface area contributed by atoms with E-state index in [9.17, 15) is 4.79 Å². The maximum Gasteiger partial charge on any atom is 0.133 e. The molecule has 0 aromatic heterocycles. The molecule has 0 radical (unpaired) electrons. The Balaban J connectivity index is 1.82. The van der Waals surface area contributed by atoms with Gasteiger partial charge in [-0.15, -0.1) is 0 Å². The van der Waals surface area contributed by atoms with Gasteiger partial charge in [0.2, 0.25) is 0 Å². The van der Waals surface area contributed by atoms with Crippen LogP contribution in [0.15, 0.2) is 12.2 Å². The molecule has 1 heterocycles. The van der Waals surface area contributed by atoms with Gasteiger partial charge in [-0.25, -0.2) is 0 Å². The van der Waals surface area contributed by atoms with Gasteiger partial charge in [0.15, 0.2) is 0 Å². The van der Waals surface area contributed by atoms with E-state index < -0.39 is 0 Å². The van der Waals surface area contributed by atoms with E-state index in [1.165, 1.54) is 37.7 Å². The average molecular weight is 264 g/mol. The molecule has 0 bridgehead atoms. The predicted molar refractivity (Wildman–Crippen MR) is 78.0 cm³/mol. The zero-order valence-electron chi connectivity index (χ0n) is 12.5. The lowest BCUT2D eigenvalue weighted by Crippen LogP contribution is -2.21. The first-order valence-electron chi connectivity index (χ1n) is 7.94. The third-order valence-corrected chi connectivity index (χ3v) is 4.95. The minimum absolute atomic E-state index is 0.183. The first kappa shape index (κ1) is 14.8. The molecule has 2 aliphatic rings. The first-order valence-corrected chi connectivity index (χ1v) is 7.94. The van der Waals surface area contributed by atoms with Crippen molar-refractivity contribution in [3.05, 3.63) is 12.2 Å². The lowest BCUT2D eigenvalue weighted by atomic mass is 9.85. The third kappa shape index (κ3) is 3.28. The summed E-state index contributed by atoms with van der Waals surface area (Å²) in [5.41, 5.74) is 1.27. The molecule has 0 aromatic carbocycles. The summed E-state index contributed by atoms with van der Waals surface area (Å²) in [5, 5.41) is 0. The molecular formula is C17H28O2. The smallest absolute Gasteiger partial charge is 0.133 e. The number of ketones is 1. The molecule has 2 nitrogen and oxygen atoms in total. The number of fused-ring (bicyclic) bond motifs is 1. The topological polar surface area (TPSA) is 26.3 Å². The fraction of sp³-hybridized carbons (Fsp3) is 0.824. The van der Waals surface area contributed by atoms with Gasteiger partial charge in [-0.05, 0) is 19.8 Å². The standard InChI is InChI=1S/C17H28O2/c1-4-5-6-7-8-9-16-17-12(2)10-14(13(3)18)15(17)11-19-16/h14-17H,2,4-11H2,1,3H3/t14-,15+,16-,17-/m0/s1. The molecule has 1 aliphatic heterocycles. The van der Waals surface area contributed by atoms with E-state index in [0.717, 1.165) is 19.4 Å². The van der Waals surface area contributed by atoms with Crippen molar-refractivity contribution in [2.75, 3.05) is 6.61 Å². The number of carbonyl (C=O) groups excluding carboxylic acids is 1. The Labute approximate surface area is 117 Å². The summed E-state index contributed by atoms with van der Waals surface area (Å²) in [4.78, 5) is 11.7. The van der Waals surface area contributed by atoms with E-state index in [-0.39, 0.29) is 5.92 Å². The molecule has 0 spiro atoms. The zero-order chi connectivity index (χ0) is 13.8. The molecule has 2 heteroatoms. The Morgan fingerprint density at radius 2 is 2.05 bits per heavy atom. The van der Waals surface area contributed by atoms with E-state index in [0.29, 0.717) is 23.7 Å². The highest BCUT2D eigenvalue weighted by Crippen LogP contribution is 2.48. The highest BCUT2D eigenvalue weighted by molar-refractivity contribution is 5.79. The number of hydrogen-bond donors (Lipinski definition) is 0. The third-order valence-electron chi connectivity index (χ3n) is 4.95. The van der Waals surface area contributed by atoms with Gasteiger partial charge < -0.3 is 4.74 Å². The summed E-state index contributed by atoms with van der Waals surface area (Å²) < 4.78 is 5.96. The van der Waals surface area contributed by atoms with Crippen molar-refractivity contribution in [3.63, 3.8) is 0 Å². The van der Waals surface area contributed by atoms with Gasteiger partial charge in [0.05, 0.1) is 12.7 Å². The number of ether oxygens (including phenoxy) is 1. The van der Waals surface area contributed by atoms with Crippen LogP contribution in [-0.2, 0) is 9.53 Å². The van der Waals surface area contributed by atoms with Crippen LogP contribution in [0.2, 0.25) is 0 Å². The van der Waals surface area contributed by atoms with Crippen molar-refractivity contribution < 1.29 is 9.53 Å². The molecule has 0 amide bonds. The predicted octanol–water partition coefficient (Wildman–Crippen LogP) is 4.14. The van der Waals surface area contributed by atoms with Crippen LogP contribution in [0.25, 0.3) is 0 Å². The number of hydrogen-bond acceptors (Lipinski definition) is 2. The summed E-state index contributed by atoms with van der Waals surface area (Å²) >= 11 is 0. The van der Waals surface area contributed by atoms with Crippen molar-refractivity contribution >= 4 is 5.78 Å². The summed E-state index contributed by atoms with van der Waals surface area (Å²) in [6.07, 6.45) is 8.94. The number of rotatable bonds is 7. The summed E-state index contributed by atoms with van der Waals surface area (Å²) in [6, 6.07) is 0. The molecule has 1 saturated carbocycles. The van der Waals surface area contributed by atoms with Crippen LogP contribution in [0, 0.1) is 17.8 Å². The number of unbranched alkanes of at least 4 members (excludes halogenated alkanes) is 4. The van der Waals surface area contributed by atoms with Gasteiger partial charge in [-0.3, -0.25) is 4.79 Å². The van der Waals surface area contributed by atoms with Crippen molar-refractivity contribution in [2.24, 2.45) is 17.8 Å². The monoisotopic (exact) mass is 264 g/mol. The van der Waals surface area contributed by atoms with Crippen LogP contribution in [0.1, 0.15) is 58.8 Å². The van der Waals surface area contributed by atoms with E-state index >= 15 is 0 Å². The lowest BCUT2D eigenvalue weighted by Gasteiger charge is -2.18. The molecular weight excluding hydrogens is 236 g/mol. The van der Waals surface area contributed by atoms with Crippen LogP contribution in [-0.4, -0.2) is 18.5 Å². The van der Waals surface area contributed by atoms with Crippen LogP contribution in [0.3, 0.4) is 0 Å². The van der Waals surface area contributed by atoms with E-state index in [4.69, 9.17) is 4.74 Å². The van der Waals surface area contributed by atoms with E-state index in [2.05, 4.69) is 13.5 Å². The Hall–Kier alpha value is -0.630. The zero-order valence-corrected chi connectivity index (χ0v) is 12.5. The molecule has 1 aliphatic carbocycles.